The molecule has 0 unspecified atom stereocenters. The average molecular weight is 808 g/mol. The predicted molar refractivity (Wildman–Crippen MR) is 194 cm³/mol. The van der Waals surface area contributed by atoms with Gasteiger partial charge >= 0.3 is 0 Å². The van der Waals surface area contributed by atoms with Crippen molar-refractivity contribution in [2.45, 2.75) is 47.0 Å². The molecule has 7 rings (SSSR count). The molecule has 5 heteroatoms. The average Bonchev–Trinajstić information content (AvgIpc) is 3.43. The van der Waals surface area contributed by atoms with Gasteiger partial charge in [-0.3, -0.25) is 9.55 Å². The molecule has 0 spiro atoms. The van der Waals surface area contributed by atoms with E-state index in [-0.39, 0.29) is 32.2 Å². The maximum atomic E-state index is 11.1. The number of rotatable bonds is 5. The third-order valence-corrected chi connectivity index (χ3v) is 8.86. The molecule has 4 nitrogen and oxygen atoms in total. The summed E-state index contributed by atoms with van der Waals surface area (Å²) < 4.78 is 2.24. The van der Waals surface area contributed by atoms with E-state index in [4.69, 9.17) is 9.97 Å². The summed E-state index contributed by atoms with van der Waals surface area (Å²) in [7, 11) is 0. The molecule has 2 aromatic heterocycles. The summed E-state index contributed by atoms with van der Waals surface area (Å²) in [5.41, 5.74) is 14.2. The van der Waals surface area contributed by atoms with Crippen molar-refractivity contribution >= 4 is 11.0 Å². The van der Waals surface area contributed by atoms with Crippen molar-refractivity contribution in [1.82, 2.24) is 14.5 Å². The van der Waals surface area contributed by atoms with E-state index in [1.54, 1.807) is 6.07 Å². The molecule has 0 atom stereocenters. The van der Waals surface area contributed by atoms with Crippen LogP contribution in [0.5, 0.6) is 5.75 Å². The molecular formula is C43H38N3OPt-. The zero-order valence-electron chi connectivity index (χ0n) is 28.1. The molecule has 0 saturated heterocycles. The van der Waals surface area contributed by atoms with Gasteiger partial charge in [-0.05, 0) is 78.3 Å². The van der Waals surface area contributed by atoms with Crippen molar-refractivity contribution < 1.29 is 26.2 Å². The van der Waals surface area contributed by atoms with Gasteiger partial charge in [0, 0.05) is 33.0 Å². The number of fused-ring (bicyclic) bond motifs is 1. The number of aromatic hydroxyl groups is 1. The molecule has 7 aromatic rings. The van der Waals surface area contributed by atoms with Crippen molar-refractivity contribution in [3.8, 4) is 56.3 Å². The molecule has 48 heavy (non-hydrogen) atoms. The molecule has 1 N–H and O–H groups in total. The molecule has 0 saturated carbocycles. The smallest absolute Gasteiger partial charge is 0.148 e. The largest absolute Gasteiger partial charge is 0.507 e. The molecule has 0 fully saturated rings. The van der Waals surface area contributed by atoms with Gasteiger partial charge in [0.15, 0.2) is 0 Å². The van der Waals surface area contributed by atoms with Crippen molar-refractivity contribution in [1.29, 1.82) is 0 Å². The van der Waals surface area contributed by atoms with Gasteiger partial charge in [-0.1, -0.05) is 104 Å². The van der Waals surface area contributed by atoms with Gasteiger partial charge in [-0.15, -0.1) is 29.8 Å². The fraction of sp³-hybridized carbons (Fsp3) is 0.163. The summed E-state index contributed by atoms with van der Waals surface area (Å²) in [5.74, 6) is 0.899. The Kier molecular flexibility index (Phi) is 8.98. The van der Waals surface area contributed by atoms with Gasteiger partial charge in [0.2, 0.25) is 0 Å². The van der Waals surface area contributed by atoms with E-state index in [0.717, 1.165) is 61.4 Å². The van der Waals surface area contributed by atoms with Crippen LogP contribution in [0, 0.1) is 26.8 Å². The molecule has 0 amide bonds. The molecule has 0 aliphatic carbocycles. The first-order chi connectivity index (χ1) is 22.6. The second kappa shape index (κ2) is 13.0. The number of aryl methyl sites for hydroxylation is 3. The second-order valence-corrected chi connectivity index (χ2v) is 13.5. The minimum absolute atomic E-state index is 0. The normalized spacial score (nSPS) is 11.5. The number of imidazole rings is 1. The number of nitrogens with zero attached hydrogens (tertiary/aromatic N) is 3. The molecule has 0 radical (unpaired) electrons. The fourth-order valence-corrected chi connectivity index (χ4v) is 6.57. The molecule has 0 aliphatic heterocycles. The summed E-state index contributed by atoms with van der Waals surface area (Å²) in [6.45, 7) is 13.2. The van der Waals surface area contributed by atoms with Crippen LogP contribution in [0.25, 0.3) is 61.6 Å². The Balaban J connectivity index is 0.00000401. The topological polar surface area (TPSA) is 50.9 Å². The van der Waals surface area contributed by atoms with Crippen molar-refractivity contribution in [2.75, 3.05) is 0 Å². The van der Waals surface area contributed by atoms with Gasteiger partial charge in [0.05, 0.1) is 22.3 Å². The van der Waals surface area contributed by atoms with Gasteiger partial charge < -0.3 is 5.11 Å². The maximum absolute atomic E-state index is 11.1. The number of hydrogen-bond acceptors (Lipinski definition) is 3. The number of hydrogen-bond donors (Lipinski definition) is 1. The summed E-state index contributed by atoms with van der Waals surface area (Å²) in [6, 6.07) is 40.9. The first-order valence-electron chi connectivity index (χ1n) is 16.1. The standard InChI is InChI=1S/C43H38N3O.Pt/c1-27-21-28(2)41(29(3)22-27)46-38-26-34(43(4,5)6)25-36(40(38)45-42(46)35-17-10-11-18-39(35)47)32-15-12-16-33(23-32)37-24-31(19-20-44-37)30-13-8-7-9-14-30;/h7-22,24-26,47H,1-6H3;/q-1;. The number of benzene rings is 5. The van der Waals surface area contributed by atoms with E-state index in [1.165, 1.54) is 11.1 Å². The molecule has 242 valence electrons. The van der Waals surface area contributed by atoms with Crippen LogP contribution in [0.15, 0.2) is 115 Å². The Morgan fingerprint density at radius 2 is 1.38 bits per heavy atom. The van der Waals surface area contributed by atoms with E-state index in [2.05, 4.69) is 125 Å². The van der Waals surface area contributed by atoms with Crippen molar-refractivity contribution in [3.63, 3.8) is 0 Å². The third-order valence-electron chi connectivity index (χ3n) is 8.86. The van der Waals surface area contributed by atoms with Crippen LogP contribution in [0.3, 0.4) is 0 Å². The van der Waals surface area contributed by atoms with Crippen LogP contribution in [0.4, 0.5) is 0 Å². The maximum Gasteiger partial charge on any atom is 0.148 e. The SMILES string of the molecule is Cc1cc(C)c(-n2c(-c3ccccc3O)nc3c(-c4[c-]c(-c5cc(-c6ccccc6)ccn5)ccc4)cc(C(C)(C)C)cc32)c(C)c1.[Pt]. The van der Waals surface area contributed by atoms with Crippen molar-refractivity contribution in [2.24, 2.45) is 0 Å². The van der Waals surface area contributed by atoms with Crippen LogP contribution >= 0.6 is 0 Å². The zero-order valence-corrected chi connectivity index (χ0v) is 30.3. The van der Waals surface area contributed by atoms with Crippen LogP contribution in [0.2, 0.25) is 0 Å². The quantitative estimate of drug-likeness (QED) is 0.176. The van der Waals surface area contributed by atoms with E-state index >= 15 is 0 Å². The molecule has 0 aliphatic rings. The van der Waals surface area contributed by atoms with E-state index < -0.39 is 0 Å². The number of para-hydroxylation sites is 1. The molecule has 5 aromatic carbocycles. The minimum Gasteiger partial charge on any atom is -0.507 e. The van der Waals surface area contributed by atoms with Gasteiger partial charge in [0.1, 0.15) is 11.6 Å². The summed E-state index contributed by atoms with van der Waals surface area (Å²) in [4.78, 5) is 10.1. The Bertz CT molecular complexity index is 2260. The fourth-order valence-electron chi connectivity index (χ4n) is 6.57. The zero-order chi connectivity index (χ0) is 32.9. The summed E-state index contributed by atoms with van der Waals surface area (Å²) in [5, 5.41) is 11.1. The monoisotopic (exact) mass is 807 g/mol. The molecular weight excluding hydrogens is 770 g/mol. The predicted octanol–water partition coefficient (Wildman–Crippen LogP) is 10.8. The first kappa shape index (κ1) is 33.1. The number of phenolic OH excluding ortho intramolecular Hbond substituents is 1. The first-order valence-corrected chi connectivity index (χ1v) is 16.1. The summed E-state index contributed by atoms with van der Waals surface area (Å²) in [6.07, 6.45) is 1.86. The van der Waals surface area contributed by atoms with Crippen LogP contribution in [0.1, 0.15) is 43.0 Å². The van der Waals surface area contributed by atoms with E-state index in [0.29, 0.717) is 11.4 Å². The van der Waals surface area contributed by atoms with E-state index in [1.807, 2.05) is 36.5 Å². The van der Waals surface area contributed by atoms with Gasteiger partial charge in [-0.25, -0.2) is 4.98 Å². The van der Waals surface area contributed by atoms with Gasteiger partial charge in [0.25, 0.3) is 0 Å². The van der Waals surface area contributed by atoms with Gasteiger partial charge in [-0.2, -0.15) is 0 Å². The second-order valence-electron chi connectivity index (χ2n) is 13.5. The Morgan fingerprint density at radius 1 is 0.688 bits per heavy atom. The molecule has 0 bridgehead atoms. The third kappa shape index (κ3) is 6.13. The number of aromatic nitrogens is 3. The molecule has 2 heterocycles. The number of pyridine rings is 1. The van der Waals surface area contributed by atoms with E-state index in [9.17, 15) is 5.11 Å². The van der Waals surface area contributed by atoms with Crippen molar-refractivity contribution in [3.05, 3.63) is 144 Å². The minimum atomic E-state index is -0.131. The number of phenols is 1. The Labute approximate surface area is 297 Å². The van der Waals surface area contributed by atoms with Crippen LogP contribution < -0.4 is 0 Å². The van der Waals surface area contributed by atoms with Crippen LogP contribution in [-0.4, -0.2) is 19.6 Å². The summed E-state index contributed by atoms with van der Waals surface area (Å²) >= 11 is 0. The van der Waals surface area contributed by atoms with Crippen LogP contribution in [-0.2, 0) is 26.5 Å². The Morgan fingerprint density at radius 3 is 2.08 bits per heavy atom. The Hall–Kier alpha value is -4.79.